The van der Waals surface area contributed by atoms with Crippen LogP contribution in [0.4, 0.5) is 5.69 Å². The van der Waals surface area contributed by atoms with E-state index in [-0.39, 0.29) is 75.5 Å². The van der Waals surface area contributed by atoms with Crippen molar-refractivity contribution in [3.8, 4) is 23.0 Å². The van der Waals surface area contributed by atoms with E-state index in [4.69, 9.17) is 38.4 Å². The van der Waals surface area contributed by atoms with Crippen molar-refractivity contribution >= 4 is 23.4 Å². The molecule has 4 heterocycles. The summed E-state index contributed by atoms with van der Waals surface area (Å²) in [5.74, 6) is -0.437. The molecule has 0 bridgehead atoms. The number of ether oxygens (including phenoxy) is 6. The number of nitro benzene ring substituents is 1. The number of allylic oxidation sites excluding steroid dienone is 1. The molecule has 1 amide bonds. The number of rotatable bonds is 22. The number of hydrogen-bond donors (Lipinski definition) is 2. The molecule has 4 aromatic rings. The Labute approximate surface area is 420 Å². The van der Waals surface area contributed by atoms with Crippen molar-refractivity contribution in [2.75, 3.05) is 33.2 Å². The molecule has 380 valence electrons. The maximum Gasteiger partial charge on any atom is 0.269 e. The van der Waals surface area contributed by atoms with Gasteiger partial charge in [-0.05, 0) is 135 Å². The van der Waals surface area contributed by atoms with Gasteiger partial charge in [-0.25, -0.2) is 0 Å². The second kappa shape index (κ2) is 23.3. The van der Waals surface area contributed by atoms with Crippen molar-refractivity contribution in [1.29, 1.82) is 0 Å². The van der Waals surface area contributed by atoms with E-state index in [1.807, 2.05) is 55.5 Å². The standard InChI is InChI=1S/C56H64N4O12/c1-3-28-70-56-51(59(34-39-18-23-49-50(30-39)69-36-68-49)52(63)25-19-38-16-20-42(21-17-38)60(64)65)33-47(58-72-53-15-6-9-29-66-53)45-31-40(12-4-7-26-61)44(14-5-8-27-62)54(55(45)56)46-32-43(22-24-48(46)71-56)67-35-41-13-10-11-37(2)57-41/h3,10-11,13,16-25,30-32,40,44,51,53-55,61-62H,1,4-9,12,14-15,26-29,33-36H2,2H3. The minimum absolute atomic E-state index is 0.0132. The summed E-state index contributed by atoms with van der Waals surface area (Å²) >= 11 is 0. The molecule has 16 heteroatoms. The molecule has 3 aliphatic heterocycles. The molecule has 1 aromatic heterocycles. The van der Waals surface area contributed by atoms with Crippen molar-refractivity contribution in [2.45, 2.75) is 108 Å². The number of aryl methyl sites for hydroxylation is 1. The average molecular weight is 985 g/mol. The maximum atomic E-state index is 15.4. The van der Waals surface area contributed by atoms with Gasteiger partial charge in [0, 0.05) is 68.0 Å². The third kappa shape index (κ3) is 11.2. The van der Waals surface area contributed by atoms with E-state index in [2.05, 4.69) is 23.7 Å². The lowest BCUT2D eigenvalue weighted by atomic mass is 9.55. The summed E-state index contributed by atoms with van der Waals surface area (Å²) in [4.78, 5) is 39.2. The number of carbonyl (C=O) groups is 1. The molecule has 9 rings (SSSR count). The number of oxime groups is 1. The van der Waals surface area contributed by atoms with Crippen LogP contribution in [0.5, 0.6) is 23.0 Å². The van der Waals surface area contributed by atoms with Gasteiger partial charge in [0.05, 0.1) is 35.5 Å². The smallest absolute Gasteiger partial charge is 0.269 e. The first kappa shape index (κ1) is 50.4. The fourth-order valence-corrected chi connectivity index (χ4v) is 11.0. The largest absolute Gasteiger partial charge is 0.487 e. The predicted molar refractivity (Wildman–Crippen MR) is 268 cm³/mol. The first-order valence-corrected chi connectivity index (χ1v) is 25.2. The third-order valence-corrected chi connectivity index (χ3v) is 14.4. The van der Waals surface area contributed by atoms with Crippen LogP contribution in [0.1, 0.15) is 98.2 Å². The minimum atomic E-state index is -1.55. The number of benzene rings is 3. The number of fused-ring (bicyclic) bond motifs is 3. The molecule has 7 atom stereocenters. The number of nitrogens with zero attached hydrogens (tertiary/aromatic N) is 4. The lowest BCUT2D eigenvalue weighted by Gasteiger charge is -2.60. The molecule has 16 nitrogen and oxygen atoms in total. The number of amides is 1. The van der Waals surface area contributed by atoms with E-state index >= 15 is 4.79 Å². The SMILES string of the molecule is C=CCOC12Oc3ccc(OCc4cccc(C)n4)cc3C3C(CCCCO)C(CCCCO)C=C(C(=NOC4CCCCO4)CC1N(Cc1ccc4c(c1)OCO4)C(=O)C=Cc1ccc([N+](=O)[O-])cc1)C32. The van der Waals surface area contributed by atoms with Gasteiger partial charge in [-0.2, -0.15) is 0 Å². The van der Waals surface area contributed by atoms with Gasteiger partial charge >= 0.3 is 0 Å². The van der Waals surface area contributed by atoms with Crippen molar-refractivity contribution < 1.29 is 53.2 Å². The quantitative estimate of drug-likeness (QED) is 0.0249. The normalized spacial score (nSPS) is 24.4. The van der Waals surface area contributed by atoms with E-state index in [9.17, 15) is 20.3 Å². The van der Waals surface area contributed by atoms with Crippen molar-refractivity contribution in [2.24, 2.45) is 22.9 Å². The van der Waals surface area contributed by atoms with Gasteiger partial charge in [0.25, 0.3) is 5.69 Å². The second-order valence-corrected chi connectivity index (χ2v) is 19.1. The Bertz CT molecular complexity index is 2650. The molecule has 2 fully saturated rings. The Morgan fingerprint density at radius 2 is 1.79 bits per heavy atom. The molecule has 1 saturated carbocycles. The predicted octanol–water partition coefficient (Wildman–Crippen LogP) is 9.51. The average Bonchev–Trinajstić information content (AvgIpc) is 3.87. The summed E-state index contributed by atoms with van der Waals surface area (Å²) in [6.45, 7) is 7.20. The Hall–Kier alpha value is -6.59. The lowest BCUT2D eigenvalue weighted by Crippen LogP contribution is -2.70. The molecule has 1 saturated heterocycles. The van der Waals surface area contributed by atoms with Gasteiger partial charge < -0.3 is 48.4 Å². The zero-order chi connectivity index (χ0) is 50.0. The molecule has 5 aliphatic rings. The molecular formula is C56H64N4O12. The summed E-state index contributed by atoms with van der Waals surface area (Å²) in [6.07, 6.45) is 13.6. The minimum Gasteiger partial charge on any atom is -0.487 e. The highest BCUT2D eigenvalue weighted by Crippen LogP contribution is 2.62. The first-order chi connectivity index (χ1) is 35.2. The second-order valence-electron chi connectivity index (χ2n) is 19.1. The van der Waals surface area contributed by atoms with Gasteiger partial charge in [0.1, 0.15) is 24.1 Å². The van der Waals surface area contributed by atoms with Gasteiger partial charge in [0.15, 0.2) is 11.5 Å². The molecule has 72 heavy (non-hydrogen) atoms. The first-order valence-electron chi connectivity index (χ1n) is 25.2. The Morgan fingerprint density at radius 3 is 2.56 bits per heavy atom. The fraction of sp³-hybridized carbons (Fsp3) is 0.446. The molecule has 0 spiro atoms. The number of pyridine rings is 1. The molecule has 3 aromatic carbocycles. The van der Waals surface area contributed by atoms with Gasteiger partial charge in [-0.3, -0.25) is 19.9 Å². The Morgan fingerprint density at radius 1 is 0.986 bits per heavy atom. The van der Waals surface area contributed by atoms with Crippen LogP contribution >= 0.6 is 0 Å². The number of aromatic nitrogens is 1. The number of aliphatic hydroxyl groups is 2. The molecule has 2 aliphatic carbocycles. The number of carbonyl (C=O) groups excluding carboxylic acids is 1. The fourth-order valence-electron chi connectivity index (χ4n) is 11.0. The highest BCUT2D eigenvalue weighted by Gasteiger charge is 2.65. The van der Waals surface area contributed by atoms with Gasteiger partial charge in [-0.15, -0.1) is 6.58 Å². The van der Waals surface area contributed by atoms with E-state index in [0.717, 1.165) is 66.6 Å². The highest BCUT2D eigenvalue weighted by atomic mass is 16.8. The zero-order valence-corrected chi connectivity index (χ0v) is 40.8. The summed E-state index contributed by atoms with van der Waals surface area (Å²) in [5.41, 5.74) is 5.42. The number of aliphatic hydroxyl groups excluding tert-OH is 2. The van der Waals surface area contributed by atoms with Gasteiger partial charge in [0.2, 0.25) is 24.8 Å². The topological polar surface area (TPSA) is 194 Å². The molecule has 0 radical (unpaired) electrons. The monoisotopic (exact) mass is 984 g/mol. The maximum absolute atomic E-state index is 15.4. The van der Waals surface area contributed by atoms with Crippen LogP contribution in [-0.2, 0) is 32.3 Å². The summed E-state index contributed by atoms with van der Waals surface area (Å²) in [6, 6.07) is 22.5. The number of hydrogen-bond acceptors (Lipinski definition) is 14. The van der Waals surface area contributed by atoms with Crippen LogP contribution in [0, 0.1) is 34.8 Å². The Kier molecular flexibility index (Phi) is 16.3. The molecular weight excluding hydrogens is 921 g/mol. The van der Waals surface area contributed by atoms with Gasteiger partial charge in [-0.1, -0.05) is 42.3 Å². The van der Waals surface area contributed by atoms with Crippen LogP contribution in [0.25, 0.3) is 6.08 Å². The summed E-state index contributed by atoms with van der Waals surface area (Å²) in [7, 11) is 0. The van der Waals surface area contributed by atoms with Crippen molar-refractivity contribution in [3.05, 3.63) is 147 Å². The van der Waals surface area contributed by atoms with Crippen LogP contribution < -0.4 is 18.9 Å². The highest BCUT2D eigenvalue weighted by molar-refractivity contribution is 6.03. The summed E-state index contributed by atoms with van der Waals surface area (Å²) < 4.78 is 38.8. The number of nitro groups is 1. The zero-order valence-electron chi connectivity index (χ0n) is 40.8. The van der Waals surface area contributed by atoms with E-state index in [1.165, 1.54) is 18.2 Å². The van der Waals surface area contributed by atoms with Crippen molar-refractivity contribution in [1.82, 2.24) is 9.88 Å². The van der Waals surface area contributed by atoms with Crippen LogP contribution in [0.3, 0.4) is 0 Å². The van der Waals surface area contributed by atoms with E-state index in [0.29, 0.717) is 60.1 Å². The molecule has 7 unspecified atom stereocenters. The molecule has 2 N–H and O–H groups in total. The number of unbranched alkanes of at least 4 members (excludes halogenated alkanes) is 2. The van der Waals surface area contributed by atoms with Crippen LogP contribution in [0.2, 0.25) is 0 Å². The van der Waals surface area contributed by atoms with Crippen LogP contribution in [-0.4, -0.2) is 88.0 Å². The van der Waals surface area contributed by atoms with E-state index < -0.39 is 29.0 Å². The van der Waals surface area contributed by atoms with Crippen LogP contribution in [0.15, 0.2) is 114 Å². The third-order valence-electron chi connectivity index (χ3n) is 14.4. The van der Waals surface area contributed by atoms with E-state index in [1.54, 1.807) is 29.2 Å². The Balaban J connectivity index is 1.23. The summed E-state index contributed by atoms with van der Waals surface area (Å²) in [5, 5.41) is 36.7. The lowest BCUT2D eigenvalue weighted by molar-refractivity contribution is -0.384. The number of non-ortho nitro benzene ring substituents is 1. The van der Waals surface area contributed by atoms with Crippen molar-refractivity contribution in [3.63, 3.8) is 0 Å².